The smallest absolute Gasteiger partial charge is 0.267 e. The molecular formula is C13H21BrClN3O. The van der Waals surface area contributed by atoms with E-state index < -0.39 is 0 Å². The normalized spacial score (nSPS) is 17.6. The van der Waals surface area contributed by atoms with Crippen LogP contribution < -0.4 is 11.1 Å². The lowest BCUT2D eigenvalue weighted by molar-refractivity contribution is 0.0929. The predicted octanol–water partition coefficient (Wildman–Crippen LogP) is 2.60. The van der Waals surface area contributed by atoms with E-state index in [0.717, 1.165) is 17.3 Å². The van der Waals surface area contributed by atoms with Gasteiger partial charge in [0, 0.05) is 29.8 Å². The fourth-order valence-corrected chi connectivity index (χ4v) is 3.05. The Balaban J connectivity index is 0.00000180. The van der Waals surface area contributed by atoms with E-state index in [0.29, 0.717) is 12.2 Å². The molecule has 6 heteroatoms. The molecular weight excluding hydrogens is 330 g/mol. The maximum atomic E-state index is 12.1. The summed E-state index contributed by atoms with van der Waals surface area (Å²) >= 11 is 3.36. The number of amides is 1. The molecule has 0 spiro atoms. The first-order chi connectivity index (χ1) is 8.50. The zero-order chi connectivity index (χ0) is 13.2. The second-order valence-electron chi connectivity index (χ2n) is 5.26. The fourth-order valence-electron chi connectivity index (χ4n) is 2.53. The first-order valence-corrected chi connectivity index (χ1v) is 7.18. The molecule has 1 aromatic rings. The van der Waals surface area contributed by atoms with Crippen molar-refractivity contribution in [1.82, 2.24) is 9.88 Å². The van der Waals surface area contributed by atoms with Crippen LogP contribution in [0.15, 0.2) is 16.7 Å². The van der Waals surface area contributed by atoms with Crippen LogP contribution in [0.2, 0.25) is 0 Å². The molecule has 0 bridgehead atoms. The lowest BCUT2D eigenvalue weighted by Crippen LogP contribution is -2.51. The molecule has 1 aliphatic rings. The zero-order valence-electron chi connectivity index (χ0n) is 11.1. The number of halogens is 2. The average molecular weight is 351 g/mol. The van der Waals surface area contributed by atoms with Crippen molar-refractivity contribution < 1.29 is 4.79 Å². The summed E-state index contributed by atoms with van der Waals surface area (Å²) in [7, 11) is 1.86. The van der Waals surface area contributed by atoms with E-state index >= 15 is 0 Å². The monoisotopic (exact) mass is 349 g/mol. The summed E-state index contributed by atoms with van der Waals surface area (Å²) < 4.78 is 2.72. The predicted molar refractivity (Wildman–Crippen MR) is 82.7 cm³/mol. The zero-order valence-corrected chi connectivity index (χ0v) is 13.5. The number of nitrogens with two attached hydrogens (primary N) is 1. The van der Waals surface area contributed by atoms with Gasteiger partial charge in [-0.25, -0.2) is 0 Å². The van der Waals surface area contributed by atoms with Gasteiger partial charge in [0.25, 0.3) is 5.91 Å². The van der Waals surface area contributed by atoms with Crippen molar-refractivity contribution in [3.63, 3.8) is 0 Å². The number of nitrogens with one attached hydrogen (secondary N) is 1. The number of carbonyl (C=O) groups is 1. The van der Waals surface area contributed by atoms with Gasteiger partial charge in [-0.15, -0.1) is 12.4 Å². The van der Waals surface area contributed by atoms with Crippen molar-refractivity contribution in [3.8, 4) is 0 Å². The molecule has 0 radical (unpaired) electrons. The maximum absolute atomic E-state index is 12.1. The summed E-state index contributed by atoms with van der Waals surface area (Å²) in [6, 6.07) is 1.82. The molecule has 0 atom stereocenters. The summed E-state index contributed by atoms with van der Waals surface area (Å²) in [5.41, 5.74) is 6.74. The van der Waals surface area contributed by atoms with Crippen LogP contribution in [0.1, 0.15) is 42.6 Å². The Morgan fingerprint density at radius 3 is 2.63 bits per heavy atom. The van der Waals surface area contributed by atoms with Crippen LogP contribution in [-0.4, -0.2) is 22.6 Å². The minimum atomic E-state index is -0.212. The van der Waals surface area contributed by atoms with Crippen molar-refractivity contribution in [1.29, 1.82) is 0 Å². The highest BCUT2D eigenvalue weighted by Gasteiger charge is 2.28. The Labute approximate surface area is 128 Å². The highest BCUT2D eigenvalue weighted by molar-refractivity contribution is 9.10. The van der Waals surface area contributed by atoms with Crippen LogP contribution in [0.5, 0.6) is 0 Å². The Hall–Kier alpha value is -0.520. The number of aryl methyl sites for hydroxylation is 1. The standard InChI is InChI=1S/C13H20BrN3O.ClH/c1-17-8-10(14)7-11(17)12(18)16-9-13(15)5-3-2-4-6-13;/h7-8H,2-6,9,15H2,1H3,(H,16,18);1H. The maximum Gasteiger partial charge on any atom is 0.267 e. The largest absolute Gasteiger partial charge is 0.349 e. The summed E-state index contributed by atoms with van der Waals surface area (Å²) in [6.45, 7) is 0.564. The van der Waals surface area contributed by atoms with Gasteiger partial charge in [0.2, 0.25) is 0 Å². The third kappa shape index (κ3) is 4.23. The molecule has 4 nitrogen and oxygen atoms in total. The molecule has 1 heterocycles. The van der Waals surface area contributed by atoms with Crippen molar-refractivity contribution in [3.05, 3.63) is 22.4 Å². The molecule has 0 aliphatic heterocycles. The van der Waals surface area contributed by atoms with Gasteiger partial charge in [0.15, 0.2) is 0 Å². The minimum absolute atomic E-state index is 0. The molecule has 0 saturated heterocycles. The summed E-state index contributed by atoms with van der Waals surface area (Å²) in [5.74, 6) is -0.0569. The second-order valence-corrected chi connectivity index (χ2v) is 6.18. The third-order valence-electron chi connectivity index (χ3n) is 3.65. The van der Waals surface area contributed by atoms with E-state index in [2.05, 4.69) is 21.2 Å². The van der Waals surface area contributed by atoms with E-state index in [1.54, 1.807) is 0 Å². The number of aromatic nitrogens is 1. The van der Waals surface area contributed by atoms with Crippen LogP contribution in [0, 0.1) is 0 Å². The fraction of sp³-hybridized carbons (Fsp3) is 0.615. The number of hydrogen-bond donors (Lipinski definition) is 2. The van der Waals surface area contributed by atoms with E-state index in [1.165, 1.54) is 19.3 Å². The van der Waals surface area contributed by atoms with Crippen molar-refractivity contribution in [2.75, 3.05) is 6.54 Å². The van der Waals surface area contributed by atoms with Gasteiger partial charge in [0.1, 0.15) is 5.69 Å². The van der Waals surface area contributed by atoms with Crippen LogP contribution in [0.25, 0.3) is 0 Å². The molecule has 2 rings (SSSR count). The Bertz CT molecular complexity index is 441. The third-order valence-corrected chi connectivity index (χ3v) is 4.09. The lowest BCUT2D eigenvalue weighted by Gasteiger charge is -2.33. The van der Waals surface area contributed by atoms with Crippen LogP contribution in [0.4, 0.5) is 0 Å². The van der Waals surface area contributed by atoms with E-state index in [-0.39, 0.29) is 23.9 Å². The van der Waals surface area contributed by atoms with Crippen molar-refractivity contribution in [2.45, 2.75) is 37.6 Å². The van der Waals surface area contributed by atoms with Crippen LogP contribution in [-0.2, 0) is 7.05 Å². The summed E-state index contributed by atoms with van der Waals surface area (Å²) in [5, 5.41) is 2.96. The Morgan fingerprint density at radius 2 is 2.11 bits per heavy atom. The van der Waals surface area contributed by atoms with Gasteiger partial charge in [-0.3, -0.25) is 4.79 Å². The highest BCUT2D eigenvalue weighted by Crippen LogP contribution is 2.25. The molecule has 1 aliphatic carbocycles. The quantitative estimate of drug-likeness (QED) is 0.880. The molecule has 19 heavy (non-hydrogen) atoms. The highest BCUT2D eigenvalue weighted by atomic mass is 79.9. The molecule has 3 N–H and O–H groups in total. The van der Waals surface area contributed by atoms with Crippen molar-refractivity contribution in [2.24, 2.45) is 12.8 Å². The summed E-state index contributed by atoms with van der Waals surface area (Å²) in [4.78, 5) is 12.1. The van der Waals surface area contributed by atoms with E-state index in [1.807, 2.05) is 23.9 Å². The van der Waals surface area contributed by atoms with Gasteiger partial charge < -0.3 is 15.6 Å². The number of nitrogens with zero attached hydrogens (tertiary/aromatic N) is 1. The molecule has 1 amide bonds. The lowest BCUT2D eigenvalue weighted by atomic mass is 9.82. The molecule has 1 fully saturated rings. The van der Waals surface area contributed by atoms with Crippen LogP contribution >= 0.6 is 28.3 Å². The van der Waals surface area contributed by atoms with Crippen molar-refractivity contribution >= 4 is 34.2 Å². The SMILES string of the molecule is Cl.Cn1cc(Br)cc1C(=O)NCC1(N)CCCCC1. The average Bonchev–Trinajstić information content (AvgIpc) is 2.67. The first kappa shape index (κ1) is 16.5. The second kappa shape index (κ2) is 6.77. The van der Waals surface area contributed by atoms with Crippen LogP contribution in [0.3, 0.4) is 0 Å². The first-order valence-electron chi connectivity index (χ1n) is 6.39. The van der Waals surface area contributed by atoms with E-state index in [9.17, 15) is 4.79 Å². The van der Waals surface area contributed by atoms with Gasteiger partial charge in [-0.1, -0.05) is 19.3 Å². The van der Waals surface area contributed by atoms with Gasteiger partial charge in [-0.05, 0) is 34.8 Å². The summed E-state index contributed by atoms with van der Waals surface area (Å²) in [6.07, 6.45) is 7.48. The Kier molecular flexibility index (Phi) is 5.89. The molecule has 1 saturated carbocycles. The molecule has 1 aromatic heterocycles. The minimum Gasteiger partial charge on any atom is -0.349 e. The number of hydrogen-bond acceptors (Lipinski definition) is 2. The Morgan fingerprint density at radius 1 is 1.47 bits per heavy atom. The molecule has 108 valence electrons. The topological polar surface area (TPSA) is 60.0 Å². The number of carbonyl (C=O) groups excluding carboxylic acids is 1. The van der Waals surface area contributed by atoms with Gasteiger partial charge >= 0.3 is 0 Å². The van der Waals surface area contributed by atoms with E-state index in [4.69, 9.17) is 5.73 Å². The number of rotatable bonds is 3. The van der Waals surface area contributed by atoms with Gasteiger partial charge in [0.05, 0.1) is 0 Å². The molecule has 0 aromatic carbocycles. The molecule has 0 unspecified atom stereocenters. The van der Waals surface area contributed by atoms with Gasteiger partial charge in [-0.2, -0.15) is 0 Å².